The van der Waals surface area contributed by atoms with Crippen molar-refractivity contribution < 1.29 is 17.9 Å². The maximum absolute atomic E-state index is 13.1. The third-order valence-corrected chi connectivity index (χ3v) is 6.83. The number of nitrogens with two attached hydrogens (primary N) is 1. The summed E-state index contributed by atoms with van der Waals surface area (Å²) >= 11 is 6.09. The number of thiol groups is 1. The number of carbonyl (C=O) groups is 1. The standard InChI is InChI=1S/C19H19N7O4S3/c20-33(28,29)15-5-2-13(3-6-15)30-19(27)26(10-14(31)4-8-18-22-24-25-23-18)12-1-7-16-17(9-12)32-11-21-16/h1-3,5-7,9,11,14,31H,4,8,10H2,(H2,20,28,29)(H,22,23,24,25). The summed E-state index contributed by atoms with van der Waals surface area (Å²) in [6, 6.07) is 10.8. The van der Waals surface area contributed by atoms with Crippen LogP contribution in [0.1, 0.15) is 12.2 Å². The van der Waals surface area contributed by atoms with Crippen molar-refractivity contribution in [3.8, 4) is 5.75 Å². The molecule has 11 nitrogen and oxygen atoms in total. The van der Waals surface area contributed by atoms with E-state index >= 15 is 0 Å². The van der Waals surface area contributed by atoms with Crippen LogP contribution in [-0.4, -0.2) is 51.9 Å². The first-order valence-electron chi connectivity index (χ1n) is 9.65. The van der Waals surface area contributed by atoms with Crippen LogP contribution >= 0.6 is 24.0 Å². The van der Waals surface area contributed by atoms with Gasteiger partial charge in [-0.05, 0) is 48.9 Å². The van der Waals surface area contributed by atoms with Gasteiger partial charge in [-0.15, -0.1) is 21.5 Å². The first-order chi connectivity index (χ1) is 15.8. The molecule has 0 saturated heterocycles. The molecular formula is C19H19N7O4S3. The monoisotopic (exact) mass is 505 g/mol. The van der Waals surface area contributed by atoms with Gasteiger partial charge in [-0.2, -0.15) is 17.8 Å². The zero-order valence-electron chi connectivity index (χ0n) is 17.0. The van der Waals surface area contributed by atoms with Crippen LogP contribution in [0.4, 0.5) is 10.5 Å². The SMILES string of the molecule is NS(=O)(=O)c1ccc(OC(=O)N(CC(S)CCc2nn[nH]n2)c2ccc3ncsc3c2)cc1. The second-order valence-electron chi connectivity index (χ2n) is 7.02. The van der Waals surface area contributed by atoms with E-state index in [9.17, 15) is 13.2 Å². The van der Waals surface area contributed by atoms with Gasteiger partial charge in [-0.3, -0.25) is 4.90 Å². The van der Waals surface area contributed by atoms with Gasteiger partial charge < -0.3 is 4.74 Å². The van der Waals surface area contributed by atoms with Gasteiger partial charge >= 0.3 is 6.09 Å². The molecule has 0 spiro atoms. The predicted molar refractivity (Wildman–Crippen MR) is 126 cm³/mol. The quantitative estimate of drug-likeness (QED) is 0.308. The third kappa shape index (κ3) is 5.84. The van der Waals surface area contributed by atoms with Crippen molar-refractivity contribution in [1.29, 1.82) is 0 Å². The van der Waals surface area contributed by atoms with Gasteiger partial charge in [-0.25, -0.2) is 23.3 Å². The molecule has 2 aromatic carbocycles. The summed E-state index contributed by atoms with van der Waals surface area (Å²) < 4.78 is 29.3. The molecule has 1 amide bonds. The van der Waals surface area contributed by atoms with Crippen LogP contribution in [0.25, 0.3) is 10.2 Å². The van der Waals surface area contributed by atoms with Gasteiger partial charge in [0.1, 0.15) is 5.75 Å². The molecule has 0 radical (unpaired) electrons. The largest absolute Gasteiger partial charge is 0.419 e. The summed E-state index contributed by atoms with van der Waals surface area (Å²) in [5, 5.41) is 18.7. The molecule has 33 heavy (non-hydrogen) atoms. The number of aromatic nitrogens is 5. The molecule has 3 N–H and O–H groups in total. The highest BCUT2D eigenvalue weighted by Crippen LogP contribution is 2.27. The number of ether oxygens (including phenoxy) is 1. The lowest BCUT2D eigenvalue weighted by Crippen LogP contribution is -2.38. The van der Waals surface area contributed by atoms with Crippen LogP contribution in [0.15, 0.2) is 52.9 Å². The van der Waals surface area contributed by atoms with E-state index in [0.717, 1.165) is 10.2 Å². The molecule has 14 heteroatoms. The first kappa shape index (κ1) is 23.1. The Hall–Kier alpha value is -3.07. The van der Waals surface area contributed by atoms with Crippen LogP contribution in [-0.2, 0) is 16.4 Å². The average molecular weight is 506 g/mol. The van der Waals surface area contributed by atoms with E-state index < -0.39 is 16.1 Å². The smallest absolute Gasteiger partial charge is 0.410 e. The molecule has 1 atom stereocenters. The van der Waals surface area contributed by atoms with Crippen molar-refractivity contribution >= 4 is 56.0 Å². The lowest BCUT2D eigenvalue weighted by molar-refractivity contribution is 0.207. The van der Waals surface area contributed by atoms with Crippen LogP contribution < -0.4 is 14.8 Å². The number of H-pyrrole nitrogens is 1. The van der Waals surface area contributed by atoms with E-state index in [1.807, 2.05) is 12.1 Å². The molecule has 0 fully saturated rings. The lowest BCUT2D eigenvalue weighted by Gasteiger charge is -2.25. The minimum Gasteiger partial charge on any atom is -0.410 e. The maximum atomic E-state index is 13.1. The molecule has 0 aliphatic rings. The van der Waals surface area contributed by atoms with Crippen molar-refractivity contribution in [3.05, 3.63) is 53.8 Å². The number of primary sulfonamides is 1. The summed E-state index contributed by atoms with van der Waals surface area (Å²) in [7, 11) is -3.85. The minimum atomic E-state index is -3.85. The Balaban J connectivity index is 1.53. The molecule has 0 bridgehead atoms. The highest BCUT2D eigenvalue weighted by atomic mass is 32.2. The third-order valence-electron chi connectivity index (χ3n) is 4.69. The number of carbonyl (C=O) groups excluding carboxylic acids is 1. The first-order valence-corrected chi connectivity index (χ1v) is 12.6. The van der Waals surface area contributed by atoms with E-state index in [2.05, 4.69) is 38.2 Å². The summed E-state index contributed by atoms with van der Waals surface area (Å²) in [6.07, 6.45) is 0.496. The Kier molecular flexibility index (Phi) is 6.88. The van der Waals surface area contributed by atoms with Crippen molar-refractivity contribution in [2.24, 2.45) is 5.14 Å². The predicted octanol–water partition coefficient (Wildman–Crippen LogP) is 2.39. The Morgan fingerprint density at radius 3 is 2.73 bits per heavy atom. The topological polar surface area (TPSA) is 157 Å². The number of hydrogen-bond acceptors (Lipinski definition) is 10. The van der Waals surface area contributed by atoms with Gasteiger partial charge in [0.15, 0.2) is 5.82 Å². The van der Waals surface area contributed by atoms with Crippen molar-refractivity contribution in [2.75, 3.05) is 11.4 Å². The van der Waals surface area contributed by atoms with Gasteiger partial charge in [0.05, 0.1) is 20.6 Å². The summed E-state index contributed by atoms with van der Waals surface area (Å²) in [4.78, 5) is 18.8. The Labute approximate surface area is 198 Å². The molecule has 0 saturated carbocycles. The number of amides is 1. The van der Waals surface area contributed by atoms with E-state index in [1.54, 1.807) is 11.6 Å². The molecule has 0 aliphatic heterocycles. The second-order valence-corrected chi connectivity index (χ2v) is 10.2. The lowest BCUT2D eigenvalue weighted by atomic mass is 10.2. The van der Waals surface area contributed by atoms with Gasteiger partial charge in [0, 0.05) is 23.9 Å². The fourth-order valence-corrected chi connectivity index (χ4v) is 4.55. The van der Waals surface area contributed by atoms with E-state index in [4.69, 9.17) is 9.88 Å². The molecule has 2 heterocycles. The number of rotatable bonds is 8. The molecule has 2 aromatic heterocycles. The number of thiazole rings is 1. The zero-order chi connectivity index (χ0) is 23.4. The van der Waals surface area contributed by atoms with Crippen molar-refractivity contribution in [3.63, 3.8) is 0 Å². The normalized spacial score (nSPS) is 12.5. The van der Waals surface area contributed by atoms with Crippen molar-refractivity contribution in [2.45, 2.75) is 23.0 Å². The number of fused-ring (bicyclic) bond motifs is 1. The number of tetrazole rings is 1. The molecule has 1 unspecified atom stereocenters. The summed E-state index contributed by atoms with van der Waals surface area (Å²) in [5.41, 5.74) is 3.18. The molecule has 4 aromatic rings. The second kappa shape index (κ2) is 9.82. The highest BCUT2D eigenvalue weighted by molar-refractivity contribution is 7.89. The molecule has 172 valence electrons. The number of nitrogens with zero attached hydrogens (tertiary/aromatic N) is 5. The number of anilines is 1. The number of aryl methyl sites for hydroxylation is 1. The Morgan fingerprint density at radius 1 is 1.24 bits per heavy atom. The fraction of sp³-hybridized carbons (Fsp3) is 0.211. The van der Waals surface area contributed by atoms with Crippen LogP contribution in [0, 0.1) is 0 Å². The van der Waals surface area contributed by atoms with E-state index in [-0.39, 0.29) is 22.4 Å². The molecule has 0 aliphatic carbocycles. The van der Waals surface area contributed by atoms with Crippen LogP contribution in [0.5, 0.6) is 5.75 Å². The van der Waals surface area contributed by atoms with Gasteiger partial charge in [0.25, 0.3) is 0 Å². The number of sulfonamides is 1. The van der Waals surface area contributed by atoms with Gasteiger partial charge in [0.2, 0.25) is 10.0 Å². The average Bonchev–Trinajstić information content (AvgIpc) is 3.47. The highest BCUT2D eigenvalue weighted by Gasteiger charge is 2.22. The number of nitrogens with one attached hydrogen (secondary N) is 1. The van der Waals surface area contributed by atoms with Crippen LogP contribution in [0.3, 0.4) is 0 Å². The number of aromatic amines is 1. The van der Waals surface area contributed by atoms with Gasteiger partial charge in [-0.1, -0.05) is 5.21 Å². The Morgan fingerprint density at radius 2 is 2.03 bits per heavy atom. The van der Waals surface area contributed by atoms with E-state index in [0.29, 0.717) is 24.4 Å². The summed E-state index contributed by atoms with van der Waals surface area (Å²) in [6.45, 7) is 0.249. The summed E-state index contributed by atoms with van der Waals surface area (Å²) in [5.74, 6) is 0.739. The number of benzene rings is 2. The Bertz CT molecular complexity index is 1340. The van der Waals surface area contributed by atoms with Crippen molar-refractivity contribution in [1.82, 2.24) is 25.6 Å². The zero-order valence-corrected chi connectivity index (χ0v) is 19.6. The van der Waals surface area contributed by atoms with E-state index in [1.165, 1.54) is 40.5 Å². The molecule has 4 rings (SSSR count). The fourth-order valence-electron chi connectivity index (χ4n) is 3.04. The minimum absolute atomic E-state index is 0.0771. The molecular weight excluding hydrogens is 486 g/mol. The number of hydrogen-bond donors (Lipinski definition) is 3. The maximum Gasteiger partial charge on any atom is 0.419 e. The van der Waals surface area contributed by atoms with Crippen LogP contribution in [0.2, 0.25) is 0 Å².